The SMILES string of the molecule is Cc1cnc2c(c1)nc(N)n2-c1c(Cl)cccc1Cl. The molecule has 2 N–H and O–H groups in total. The van der Waals surface area contributed by atoms with Crippen LogP contribution in [0.2, 0.25) is 10.0 Å². The second kappa shape index (κ2) is 4.40. The number of nitrogens with zero attached hydrogens (tertiary/aromatic N) is 3. The molecule has 0 spiro atoms. The van der Waals surface area contributed by atoms with E-state index in [1.807, 2.05) is 13.0 Å². The highest BCUT2D eigenvalue weighted by atomic mass is 35.5. The van der Waals surface area contributed by atoms with Crippen molar-refractivity contribution in [1.82, 2.24) is 14.5 Å². The van der Waals surface area contributed by atoms with Gasteiger partial charge in [0.25, 0.3) is 0 Å². The highest BCUT2D eigenvalue weighted by Gasteiger charge is 2.16. The van der Waals surface area contributed by atoms with E-state index < -0.39 is 0 Å². The third-order valence-corrected chi connectivity index (χ3v) is 3.43. The van der Waals surface area contributed by atoms with Crippen molar-refractivity contribution in [2.75, 3.05) is 5.73 Å². The Labute approximate surface area is 119 Å². The molecule has 4 nitrogen and oxygen atoms in total. The number of hydrogen-bond donors (Lipinski definition) is 1. The van der Waals surface area contributed by atoms with E-state index in [1.165, 1.54) is 0 Å². The van der Waals surface area contributed by atoms with Gasteiger partial charge in [0.05, 0.1) is 15.7 Å². The number of benzene rings is 1. The van der Waals surface area contributed by atoms with Crippen LogP contribution in [0.1, 0.15) is 5.56 Å². The summed E-state index contributed by atoms with van der Waals surface area (Å²) in [6.45, 7) is 1.95. The van der Waals surface area contributed by atoms with Gasteiger partial charge in [-0.2, -0.15) is 0 Å². The number of halogens is 2. The summed E-state index contributed by atoms with van der Waals surface area (Å²) in [5, 5.41) is 1.00. The van der Waals surface area contributed by atoms with Gasteiger partial charge in [-0.05, 0) is 30.7 Å². The fourth-order valence-corrected chi connectivity index (χ4v) is 2.57. The third-order valence-electron chi connectivity index (χ3n) is 2.82. The molecule has 0 aliphatic rings. The Kier molecular flexibility index (Phi) is 2.84. The third kappa shape index (κ3) is 1.93. The monoisotopic (exact) mass is 292 g/mol. The van der Waals surface area contributed by atoms with E-state index in [0.29, 0.717) is 32.8 Å². The lowest BCUT2D eigenvalue weighted by Crippen LogP contribution is -2.03. The van der Waals surface area contributed by atoms with Crippen molar-refractivity contribution in [3.63, 3.8) is 0 Å². The van der Waals surface area contributed by atoms with Crippen LogP contribution in [0.3, 0.4) is 0 Å². The summed E-state index contributed by atoms with van der Waals surface area (Å²) < 4.78 is 1.67. The van der Waals surface area contributed by atoms with Gasteiger partial charge in [-0.15, -0.1) is 0 Å². The van der Waals surface area contributed by atoms with Crippen molar-refractivity contribution in [3.8, 4) is 5.69 Å². The molecule has 19 heavy (non-hydrogen) atoms. The maximum atomic E-state index is 6.21. The molecule has 0 saturated heterocycles. The quantitative estimate of drug-likeness (QED) is 0.745. The highest BCUT2D eigenvalue weighted by molar-refractivity contribution is 6.37. The number of imidazole rings is 1. The summed E-state index contributed by atoms with van der Waals surface area (Å²) in [6, 6.07) is 7.20. The number of rotatable bonds is 1. The highest BCUT2D eigenvalue weighted by Crippen LogP contribution is 2.32. The van der Waals surface area contributed by atoms with E-state index >= 15 is 0 Å². The van der Waals surface area contributed by atoms with Gasteiger partial charge in [0.15, 0.2) is 5.65 Å². The molecule has 3 rings (SSSR count). The number of aryl methyl sites for hydroxylation is 1. The zero-order chi connectivity index (χ0) is 13.6. The molecule has 0 saturated carbocycles. The molecular weight excluding hydrogens is 283 g/mol. The van der Waals surface area contributed by atoms with Crippen LogP contribution < -0.4 is 5.73 Å². The molecular formula is C13H10Cl2N4. The molecule has 2 aromatic heterocycles. The number of hydrogen-bond acceptors (Lipinski definition) is 3. The molecule has 0 aliphatic carbocycles. The van der Waals surface area contributed by atoms with Crippen LogP contribution in [0.25, 0.3) is 16.9 Å². The number of aromatic nitrogens is 3. The number of nitrogen functional groups attached to an aromatic ring is 1. The predicted octanol–water partition coefficient (Wildman–Crippen LogP) is 3.62. The lowest BCUT2D eigenvalue weighted by Gasteiger charge is -2.09. The first-order valence-electron chi connectivity index (χ1n) is 5.63. The van der Waals surface area contributed by atoms with Gasteiger partial charge in [0.1, 0.15) is 5.52 Å². The van der Waals surface area contributed by atoms with Gasteiger partial charge >= 0.3 is 0 Å². The summed E-state index contributed by atoms with van der Waals surface area (Å²) in [7, 11) is 0. The van der Waals surface area contributed by atoms with Crippen LogP contribution in [-0.2, 0) is 0 Å². The molecule has 96 valence electrons. The summed E-state index contributed by atoms with van der Waals surface area (Å²) in [5.41, 5.74) is 8.94. The molecule has 0 atom stereocenters. The summed E-state index contributed by atoms with van der Waals surface area (Å²) in [4.78, 5) is 8.66. The molecule has 1 aromatic carbocycles. The van der Waals surface area contributed by atoms with Gasteiger partial charge in [0, 0.05) is 6.20 Å². The van der Waals surface area contributed by atoms with E-state index in [0.717, 1.165) is 5.56 Å². The molecule has 0 amide bonds. The molecule has 6 heteroatoms. The number of pyridine rings is 1. The van der Waals surface area contributed by atoms with E-state index in [1.54, 1.807) is 29.0 Å². The first-order valence-corrected chi connectivity index (χ1v) is 6.38. The Bertz CT molecular complexity index is 759. The summed E-state index contributed by atoms with van der Waals surface area (Å²) in [6.07, 6.45) is 1.75. The average molecular weight is 293 g/mol. The van der Waals surface area contributed by atoms with Gasteiger partial charge in [-0.1, -0.05) is 29.3 Å². The first-order chi connectivity index (χ1) is 9.08. The molecule has 0 aliphatic heterocycles. The zero-order valence-corrected chi connectivity index (χ0v) is 11.6. The van der Waals surface area contributed by atoms with Crippen LogP contribution in [0.4, 0.5) is 5.95 Å². The van der Waals surface area contributed by atoms with Crippen molar-refractivity contribution in [2.45, 2.75) is 6.92 Å². The Balaban J connectivity index is 2.40. The number of fused-ring (bicyclic) bond motifs is 1. The second-order valence-corrected chi connectivity index (χ2v) is 5.05. The molecule has 0 radical (unpaired) electrons. The maximum Gasteiger partial charge on any atom is 0.207 e. The van der Waals surface area contributed by atoms with Crippen molar-refractivity contribution in [3.05, 3.63) is 46.1 Å². The van der Waals surface area contributed by atoms with Crippen molar-refractivity contribution >= 4 is 40.3 Å². The van der Waals surface area contributed by atoms with Gasteiger partial charge in [0.2, 0.25) is 5.95 Å². The maximum absolute atomic E-state index is 6.21. The van der Waals surface area contributed by atoms with Crippen LogP contribution >= 0.6 is 23.2 Å². The van der Waals surface area contributed by atoms with Crippen molar-refractivity contribution in [1.29, 1.82) is 0 Å². The van der Waals surface area contributed by atoms with E-state index in [2.05, 4.69) is 9.97 Å². The predicted molar refractivity (Wildman–Crippen MR) is 78.0 cm³/mol. The summed E-state index contributed by atoms with van der Waals surface area (Å²) >= 11 is 12.4. The van der Waals surface area contributed by atoms with E-state index in [9.17, 15) is 0 Å². The Hall–Kier alpha value is -1.78. The van der Waals surface area contributed by atoms with Crippen LogP contribution in [-0.4, -0.2) is 14.5 Å². The normalized spacial score (nSPS) is 11.1. The molecule has 0 fully saturated rings. The molecule has 0 unspecified atom stereocenters. The second-order valence-electron chi connectivity index (χ2n) is 4.23. The lowest BCUT2D eigenvalue weighted by atomic mass is 10.3. The Morgan fingerprint density at radius 3 is 2.58 bits per heavy atom. The number of anilines is 1. The lowest BCUT2D eigenvalue weighted by molar-refractivity contribution is 1.08. The molecule has 2 heterocycles. The van der Waals surface area contributed by atoms with E-state index in [4.69, 9.17) is 28.9 Å². The van der Waals surface area contributed by atoms with Crippen molar-refractivity contribution in [2.24, 2.45) is 0 Å². The fraction of sp³-hybridized carbons (Fsp3) is 0.0769. The largest absolute Gasteiger partial charge is 0.369 e. The number of nitrogens with two attached hydrogens (primary N) is 1. The smallest absolute Gasteiger partial charge is 0.207 e. The fourth-order valence-electron chi connectivity index (χ4n) is 2.01. The van der Waals surface area contributed by atoms with Crippen LogP contribution in [0.5, 0.6) is 0 Å². The van der Waals surface area contributed by atoms with Crippen molar-refractivity contribution < 1.29 is 0 Å². The molecule has 3 aromatic rings. The first kappa shape index (κ1) is 12.3. The minimum absolute atomic E-state index is 0.308. The Morgan fingerprint density at radius 1 is 1.21 bits per heavy atom. The zero-order valence-electron chi connectivity index (χ0n) is 10.1. The minimum atomic E-state index is 0.308. The van der Waals surface area contributed by atoms with Gasteiger partial charge < -0.3 is 5.73 Å². The standard InChI is InChI=1S/C13H10Cl2N4/c1-7-5-10-12(17-6-7)19(13(16)18-10)11-8(14)3-2-4-9(11)15/h2-6H,1H3,(H2,16,18). The topological polar surface area (TPSA) is 56.7 Å². The Morgan fingerprint density at radius 2 is 1.89 bits per heavy atom. The minimum Gasteiger partial charge on any atom is -0.369 e. The van der Waals surface area contributed by atoms with Gasteiger partial charge in [-0.25, -0.2) is 9.97 Å². The average Bonchev–Trinajstić information content (AvgIpc) is 2.65. The van der Waals surface area contributed by atoms with E-state index in [-0.39, 0.29) is 0 Å². The van der Waals surface area contributed by atoms with Gasteiger partial charge in [-0.3, -0.25) is 4.57 Å². The summed E-state index contributed by atoms with van der Waals surface area (Å²) in [5.74, 6) is 0.308. The van der Waals surface area contributed by atoms with Crippen LogP contribution in [0, 0.1) is 6.92 Å². The molecule has 0 bridgehead atoms. The number of para-hydroxylation sites is 1. The van der Waals surface area contributed by atoms with Crippen LogP contribution in [0.15, 0.2) is 30.5 Å².